The first-order valence-electron chi connectivity index (χ1n) is 15.9. The lowest BCUT2D eigenvalue weighted by Gasteiger charge is -2.31. The summed E-state index contributed by atoms with van der Waals surface area (Å²) in [5.41, 5.74) is -2.57. The highest BCUT2D eigenvalue weighted by molar-refractivity contribution is 5.70. The molecule has 4 amide bonds. The zero-order chi connectivity index (χ0) is 35.2. The minimum absolute atomic E-state index is 0.0760. The van der Waals surface area contributed by atoms with Crippen LogP contribution in [0, 0.1) is 0 Å². The summed E-state index contributed by atoms with van der Waals surface area (Å²) in [6, 6.07) is -0.0760. The van der Waals surface area contributed by atoms with Gasteiger partial charge < -0.3 is 39.0 Å². The summed E-state index contributed by atoms with van der Waals surface area (Å²) in [5, 5.41) is 2.70. The zero-order valence-electron chi connectivity index (χ0n) is 30.5. The van der Waals surface area contributed by atoms with Gasteiger partial charge >= 0.3 is 24.4 Å². The highest BCUT2D eigenvalue weighted by Gasteiger charge is 2.26. The van der Waals surface area contributed by atoms with Crippen LogP contribution in [-0.2, 0) is 18.9 Å². The Morgan fingerprint density at radius 2 is 0.956 bits per heavy atom. The molecule has 0 fully saturated rings. The molecule has 0 aliphatic heterocycles. The van der Waals surface area contributed by atoms with Crippen LogP contribution in [0.2, 0.25) is 0 Å². The maximum absolute atomic E-state index is 13.0. The molecule has 1 N–H and O–H groups in total. The fourth-order valence-electron chi connectivity index (χ4n) is 3.66. The maximum Gasteiger partial charge on any atom is 0.410 e. The van der Waals surface area contributed by atoms with Gasteiger partial charge in [0.15, 0.2) is 0 Å². The van der Waals surface area contributed by atoms with Gasteiger partial charge in [0.2, 0.25) is 0 Å². The molecule has 0 aromatic carbocycles. The van der Waals surface area contributed by atoms with Crippen molar-refractivity contribution in [3.8, 4) is 0 Å². The largest absolute Gasteiger partial charge is 0.444 e. The summed E-state index contributed by atoms with van der Waals surface area (Å²) in [5.74, 6) is 0. The predicted octanol–water partition coefficient (Wildman–Crippen LogP) is 6.97. The van der Waals surface area contributed by atoms with Crippen molar-refractivity contribution in [2.75, 3.05) is 39.3 Å². The van der Waals surface area contributed by atoms with Crippen LogP contribution in [0.5, 0.6) is 0 Å². The molecule has 0 aliphatic rings. The minimum Gasteiger partial charge on any atom is -0.444 e. The Morgan fingerprint density at radius 3 is 1.33 bits per heavy atom. The standard InChI is InChI=1S/C33H62N4O8/c1-25(2)37(29(41)45-33(12,13)14)24-18-23-36(28(40)44-32(9,10)11)21-16-15-20-35(27(39)43-31(6,7)8)22-17-19-34-26(38)42-30(3,4)5/h15-16,25H,17-24H2,1-14H3,(H,34,38). The predicted molar refractivity (Wildman–Crippen MR) is 176 cm³/mol. The SMILES string of the molecule is CC(C)N(CCCN(CC=CCN(CCCNC(=O)OC(C)(C)C)C(=O)OC(C)(C)C)C(=O)OC(C)(C)C)C(=O)OC(C)(C)C. The monoisotopic (exact) mass is 642 g/mol. The number of nitrogens with one attached hydrogen (secondary N) is 1. The van der Waals surface area contributed by atoms with E-state index in [-0.39, 0.29) is 19.1 Å². The lowest BCUT2D eigenvalue weighted by molar-refractivity contribution is 0.0165. The van der Waals surface area contributed by atoms with Crippen LogP contribution in [-0.4, -0.2) is 107 Å². The van der Waals surface area contributed by atoms with Gasteiger partial charge in [-0.15, -0.1) is 0 Å². The van der Waals surface area contributed by atoms with Gasteiger partial charge in [-0.1, -0.05) is 12.2 Å². The van der Waals surface area contributed by atoms with Crippen LogP contribution < -0.4 is 5.32 Å². The molecule has 0 unspecified atom stereocenters. The molecule has 262 valence electrons. The Labute approximate surface area is 272 Å². The fraction of sp³-hybridized carbons (Fsp3) is 0.818. The molecule has 45 heavy (non-hydrogen) atoms. The fourth-order valence-corrected chi connectivity index (χ4v) is 3.66. The van der Waals surface area contributed by atoms with Gasteiger partial charge in [0.05, 0.1) is 0 Å². The van der Waals surface area contributed by atoms with Gasteiger partial charge in [-0.2, -0.15) is 0 Å². The highest BCUT2D eigenvalue weighted by atomic mass is 16.6. The third-order valence-corrected chi connectivity index (χ3v) is 5.47. The molecule has 0 bridgehead atoms. The highest BCUT2D eigenvalue weighted by Crippen LogP contribution is 2.15. The number of alkyl carbamates (subject to hydrolysis) is 1. The van der Waals surface area contributed by atoms with Crippen molar-refractivity contribution in [1.82, 2.24) is 20.0 Å². The first kappa shape index (κ1) is 41.8. The van der Waals surface area contributed by atoms with Crippen LogP contribution in [0.15, 0.2) is 12.2 Å². The van der Waals surface area contributed by atoms with E-state index in [4.69, 9.17) is 18.9 Å². The summed E-state index contributed by atoms with van der Waals surface area (Å²) < 4.78 is 22.0. The van der Waals surface area contributed by atoms with E-state index in [9.17, 15) is 19.2 Å². The molecular weight excluding hydrogens is 580 g/mol. The van der Waals surface area contributed by atoms with Gasteiger partial charge in [-0.05, 0) is 110 Å². The summed E-state index contributed by atoms with van der Waals surface area (Å²) in [7, 11) is 0. The number of hydrogen-bond donors (Lipinski definition) is 1. The van der Waals surface area contributed by atoms with E-state index in [0.717, 1.165) is 0 Å². The summed E-state index contributed by atoms with van der Waals surface area (Å²) in [6.07, 6.45) is 2.72. The van der Waals surface area contributed by atoms with Gasteiger partial charge in [-0.3, -0.25) is 0 Å². The normalized spacial score (nSPS) is 12.5. The number of hydrogen-bond acceptors (Lipinski definition) is 8. The third-order valence-electron chi connectivity index (χ3n) is 5.47. The molecule has 12 nitrogen and oxygen atoms in total. The second kappa shape index (κ2) is 18.1. The van der Waals surface area contributed by atoms with Gasteiger partial charge in [0, 0.05) is 45.3 Å². The molecule has 0 atom stereocenters. The molecule has 0 aliphatic carbocycles. The molecule has 0 spiro atoms. The van der Waals surface area contributed by atoms with Crippen LogP contribution >= 0.6 is 0 Å². The van der Waals surface area contributed by atoms with Crippen LogP contribution in [0.4, 0.5) is 19.2 Å². The van der Waals surface area contributed by atoms with Crippen molar-refractivity contribution >= 4 is 24.4 Å². The Hall–Kier alpha value is -3.18. The molecule has 0 rings (SSSR count). The number of carbonyl (C=O) groups is 4. The van der Waals surface area contributed by atoms with Crippen molar-refractivity contribution in [1.29, 1.82) is 0 Å². The van der Waals surface area contributed by atoms with E-state index in [0.29, 0.717) is 39.0 Å². The minimum atomic E-state index is -0.680. The molecule has 0 saturated heterocycles. The Kier molecular flexibility index (Phi) is 16.8. The second-order valence-corrected chi connectivity index (χ2v) is 15.2. The first-order valence-corrected chi connectivity index (χ1v) is 15.9. The van der Waals surface area contributed by atoms with Crippen molar-refractivity contribution in [2.24, 2.45) is 0 Å². The quantitative estimate of drug-likeness (QED) is 0.130. The Morgan fingerprint density at radius 1 is 0.578 bits per heavy atom. The van der Waals surface area contributed by atoms with Crippen LogP contribution in [0.1, 0.15) is 110 Å². The molecule has 0 radical (unpaired) electrons. The second-order valence-electron chi connectivity index (χ2n) is 15.2. The van der Waals surface area contributed by atoms with E-state index >= 15 is 0 Å². The number of ether oxygens (including phenoxy) is 4. The van der Waals surface area contributed by atoms with Crippen molar-refractivity contribution < 1.29 is 38.1 Å². The smallest absolute Gasteiger partial charge is 0.410 e. The number of carbonyl (C=O) groups excluding carboxylic acids is 4. The topological polar surface area (TPSA) is 127 Å². The van der Waals surface area contributed by atoms with E-state index in [1.54, 1.807) is 84.3 Å². The molecule has 0 aromatic heterocycles. The average Bonchev–Trinajstić information content (AvgIpc) is 2.79. The van der Waals surface area contributed by atoms with E-state index < -0.39 is 46.8 Å². The molecule has 0 saturated carbocycles. The number of rotatable bonds is 13. The van der Waals surface area contributed by atoms with Crippen LogP contribution in [0.25, 0.3) is 0 Å². The van der Waals surface area contributed by atoms with Crippen molar-refractivity contribution in [2.45, 2.75) is 138 Å². The maximum atomic E-state index is 13.0. The van der Waals surface area contributed by atoms with Crippen molar-refractivity contribution in [3.05, 3.63) is 12.2 Å². The van der Waals surface area contributed by atoms with E-state index in [1.807, 2.05) is 34.6 Å². The molecule has 0 aromatic rings. The van der Waals surface area contributed by atoms with Gasteiger partial charge in [0.25, 0.3) is 0 Å². The Balaban J connectivity index is 5.46. The molecular formula is C33H62N4O8. The first-order chi connectivity index (χ1) is 20.3. The summed E-state index contributed by atoms with van der Waals surface area (Å²) in [6.45, 7) is 27.4. The molecule has 0 heterocycles. The number of nitrogens with zero attached hydrogens (tertiary/aromatic N) is 3. The summed E-state index contributed by atoms with van der Waals surface area (Å²) >= 11 is 0. The average molecular weight is 643 g/mol. The third kappa shape index (κ3) is 22.0. The lowest BCUT2D eigenvalue weighted by atomic mass is 10.2. The van der Waals surface area contributed by atoms with E-state index in [2.05, 4.69) is 5.32 Å². The molecule has 12 heteroatoms. The summed E-state index contributed by atoms with van der Waals surface area (Å²) in [4.78, 5) is 55.4. The van der Waals surface area contributed by atoms with Gasteiger partial charge in [0.1, 0.15) is 22.4 Å². The van der Waals surface area contributed by atoms with Crippen LogP contribution in [0.3, 0.4) is 0 Å². The van der Waals surface area contributed by atoms with Gasteiger partial charge in [-0.25, -0.2) is 19.2 Å². The number of amides is 4. The van der Waals surface area contributed by atoms with Crippen molar-refractivity contribution in [3.63, 3.8) is 0 Å². The zero-order valence-corrected chi connectivity index (χ0v) is 30.5. The Bertz CT molecular complexity index is 969. The van der Waals surface area contributed by atoms with E-state index in [1.165, 1.54) is 4.90 Å². The lowest BCUT2D eigenvalue weighted by Crippen LogP contribution is -2.43.